The van der Waals surface area contributed by atoms with Crippen LogP contribution in [0, 0.1) is 11.2 Å². The summed E-state index contributed by atoms with van der Waals surface area (Å²) in [6.07, 6.45) is 2.36. The van der Waals surface area contributed by atoms with Crippen molar-refractivity contribution in [1.29, 1.82) is 5.41 Å². The van der Waals surface area contributed by atoms with Gasteiger partial charge in [-0.25, -0.2) is 17.9 Å². The summed E-state index contributed by atoms with van der Waals surface area (Å²) in [4.78, 5) is 3.40. The lowest BCUT2D eigenvalue weighted by Crippen LogP contribution is -2.21. The van der Waals surface area contributed by atoms with Crippen molar-refractivity contribution >= 4 is 15.9 Å². The van der Waals surface area contributed by atoms with Gasteiger partial charge < -0.3 is 5.73 Å². The third-order valence-corrected chi connectivity index (χ3v) is 3.57. The standard InChI is InChI=1S/C12H11FN4O2S/c13-8-4-7(5-17-6-8)9-2-1-3-10(20(16,18)19)11(9)12(14)15/h1-6H,(H3,14,15)(H2,16,18,19). The zero-order chi connectivity index (χ0) is 14.9. The molecule has 1 aromatic carbocycles. The molecule has 2 aromatic rings. The summed E-state index contributed by atoms with van der Waals surface area (Å²) in [6, 6.07) is 5.36. The van der Waals surface area contributed by atoms with E-state index in [-0.39, 0.29) is 16.0 Å². The lowest BCUT2D eigenvalue weighted by Gasteiger charge is -2.12. The number of amidine groups is 1. The lowest BCUT2D eigenvalue weighted by molar-refractivity contribution is 0.597. The molecule has 0 radical (unpaired) electrons. The summed E-state index contributed by atoms with van der Waals surface area (Å²) in [5.74, 6) is -1.06. The molecule has 6 nitrogen and oxygen atoms in total. The number of sulfonamides is 1. The van der Waals surface area contributed by atoms with E-state index in [0.29, 0.717) is 5.56 Å². The molecule has 0 unspecified atom stereocenters. The molecular formula is C12H11FN4O2S. The number of hydrogen-bond acceptors (Lipinski definition) is 4. The van der Waals surface area contributed by atoms with E-state index < -0.39 is 21.7 Å². The number of rotatable bonds is 3. The van der Waals surface area contributed by atoms with Gasteiger partial charge in [-0.3, -0.25) is 10.4 Å². The van der Waals surface area contributed by atoms with Crippen molar-refractivity contribution in [1.82, 2.24) is 4.98 Å². The number of nitrogens with two attached hydrogens (primary N) is 2. The van der Waals surface area contributed by atoms with E-state index in [1.807, 2.05) is 0 Å². The molecule has 0 aliphatic heterocycles. The quantitative estimate of drug-likeness (QED) is 0.572. The van der Waals surface area contributed by atoms with Crippen LogP contribution in [0.1, 0.15) is 5.56 Å². The van der Waals surface area contributed by atoms with E-state index in [1.54, 1.807) is 0 Å². The van der Waals surface area contributed by atoms with Crippen LogP contribution in [-0.2, 0) is 10.0 Å². The molecule has 0 fully saturated rings. The van der Waals surface area contributed by atoms with Gasteiger partial charge in [0.25, 0.3) is 0 Å². The molecule has 1 heterocycles. The van der Waals surface area contributed by atoms with Crippen LogP contribution < -0.4 is 10.9 Å². The Bertz CT molecular complexity index is 790. The van der Waals surface area contributed by atoms with Crippen LogP contribution in [0.15, 0.2) is 41.6 Å². The largest absolute Gasteiger partial charge is 0.384 e. The van der Waals surface area contributed by atoms with Crippen LogP contribution >= 0.6 is 0 Å². The van der Waals surface area contributed by atoms with Crippen LogP contribution in [0.2, 0.25) is 0 Å². The van der Waals surface area contributed by atoms with Crippen molar-refractivity contribution in [2.45, 2.75) is 4.90 Å². The van der Waals surface area contributed by atoms with Crippen molar-refractivity contribution in [3.8, 4) is 11.1 Å². The Labute approximate surface area is 114 Å². The summed E-state index contributed by atoms with van der Waals surface area (Å²) in [7, 11) is -4.05. The van der Waals surface area contributed by atoms with Crippen molar-refractivity contribution in [3.63, 3.8) is 0 Å². The summed E-state index contributed by atoms with van der Waals surface area (Å²) >= 11 is 0. The number of nitrogens with zero attached hydrogens (tertiary/aromatic N) is 1. The first-order valence-electron chi connectivity index (χ1n) is 5.42. The van der Waals surface area contributed by atoms with E-state index in [1.165, 1.54) is 30.5 Å². The summed E-state index contributed by atoms with van der Waals surface area (Å²) < 4.78 is 36.3. The van der Waals surface area contributed by atoms with Crippen LogP contribution in [-0.4, -0.2) is 19.2 Å². The number of pyridine rings is 1. The van der Waals surface area contributed by atoms with E-state index in [2.05, 4.69) is 4.98 Å². The Morgan fingerprint density at radius 3 is 2.55 bits per heavy atom. The van der Waals surface area contributed by atoms with E-state index in [9.17, 15) is 12.8 Å². The first-order chi connectivity index (χ1) is 9.30. The molecule has 5 N–H and O–H groups in total. The zero-order valence-corrected chi connectivity index (χ0v) is 11.0. The van der Waals surface area contributed by atoms with Crippen molar-refractivity contribution < 1.29 is 12.8 Å². The highest BCUT2D eigenvalue weighted by Gasteiger charge is 2.20. The molecule has 0 atom stereocenters. The van der Waals surface area contributed by atoms with Gasteiger partial charge in [-0.1, -0.05) is 12.1 Å². The van der Waals surface area contributed by atoms with Crippen molar-refractivity contribution in [2.75, 3.05) is 0 Å². The lowest BCUT2D eigenvalue weighted by atomic mass is 10.0. The van der Waals surface area contributed by atoms with Gasteiger partial charge in [0.2, 0.25) is 10.0 Å². The first-order valence-corrected chi connectivity index (χ1v) is 6.96. The number of halogens is 1. The van der Waals surface area contributed by atoms with Gasteiger partial charge in [-0.05, 0) is 17.7 Å². The molecule has 0 saturated heterocycles. The third kappa shape index (κ3) is 2.65. The van der Waals surface area contributed by atoms with Crippen LogP contribution in [0.4, 0.5) is 4.39 Å². The molecule has 8 heteroatoms. The molecule has 0 spiro atoms. The second-order valence-electron chi connectivity index (χ2n) is 4.03. The van der Waals surface area contributed by atoms with E-state index in [4.69, 9.17) is 16.3 Å². The topological polar surface area (TPSA) is 123 Å². The van der Waals surface area contributed by atoms with Crippen molar-refractivity contribution in [2.24, 2.45) is 10.9 Å². The number of hydrogen-bond donors (Lipinski definition) is 3. The van der Waals surface area contributed by atoms with Crippen LogP contribution in [0.3, 0.4) is 0 Å². The van der Waals surface area contributed by atoms with Crippen LogP contribution in [0.5, 0.6) is 0 Å². The number of nitrogen functional groups attached to an aromatic ring is 1. The summed E-state index contributed by atoms with van der Waals surface area (Å²) in [5.41, 5.74) is 5.95. The fourth-order valence-electron chi connectivity index (χ4n) is 1.85. The molecule has 20 heavy (non-hydrogen) atoms. The second-order valence-corrected chi connectivity index (χ2v) is 5.56. The molecular weight excluding hydrogens is 283 g/mol. The minimum atomic E-state index is -4.05. The minimum absolute atomic E-state index is 0.0672. The van der Waals surface area contributed by atoms with E-state index in [0.717, 1.165) is 6.20 Å². The SMILES string of the molecule is N=C(N)c1c(-c2cncc(F)c2)cccc1S(N)(=O)=O. The molecule has 0 aliphatic rings. The summed E-state index contributed by atoms with van der Waals surface area (Å²) in [6.45, 7) is 0. The predicted molar refractivity (Wildman–Crippen MR) is 72.0 cm³/mol. The Kier molecular flexibility index (Phi) is 3.51. The first kappa shape index (κ1) is 14.1. The maximum Gasteiger partial charge on any atom is 0.238 e. The smallest absolute Gasteiger partial charge is 0.238 e. The molecule has 0 aliphatic carbocycles. The molecule has 1 aromatic heterocycles. The van der Waals surface area contributed by atoms with E-state index >= 15 is 0 Å². The van der Waals surface area contributed by atoms with Gasteiger partial charge in [-0.15, -0.1) is 0 Å². The third-order valence-electron chi connectivity index (χ3n) is 2.62. The van der Waals surface area contributed by atoms with Gasteiger partial charge in [-0.2, -0.15) is 0 Å². The number of benzene rings is 1. The van der Waals surface area contributed by atoms with Gasteiger partial charge in [0, 0.05) is 17.3 Å². The molecule has 104 valence electrons. The fraction of sp³-hybridized carbons (Fsp3) is 0. The maximum atomic E-state index is 13.2. The maximum absolute atomic E-state index is 13.2. The summed E-state index contributed by atoms with van der Waals surface area (Å²) in [5, 5.41) is 12.6. The molecule has 0 amide bonds. The Morgan fingerprint density at radius 1 is 1.30 bits per heavy atom. The highest BCUT2D eigenvalue weighted by Crippen LogP contribution is 2.27. The second kappa shape index (κ2) is 4.99. The number of primary sulfonamides is 1. The van der Waals surface area contributed by atoms with Gasteiger partial charge >= 0.3 is 0 Å². The normalized spacial score (nSPS) is 11.3. The Morgan fingerprint density at radius 2 is 2.00 bits per heavy atom. The zero-order valence-electron chi connectivity index (χ0n) is 10.2. The Hall–Kier alpha value is -2.32. The van der Waals surface area contributed by atoms with Crippen LogP contribution in [0.25, 0.3) is 11.1 Å². The van der Waals surface area contributed by atoms with Gasteiger partial charge in [0.1, 0.15) is 11.7 Å². The van der Waals surface area contributed by atoms with Gasteiger partial charge in [0.05, 0.1) is 11.1 Å². The highest BCUT2D eigenvalue weighted by atomic mass is 32.2. The average Bonchev–Trinajstić information content (AvgIpc) is 2.36. The molecule has 2 rings (SSSR count). The predicted octanol–water partition coefficient (Wildman–Crippen LogP) is 0.819. The fourth-order valence-corrected chi connectivity index (χ4v) is 2.62. The Balaban J connectivity index is 2.81. The average molecular weight is 294 g/mol. The number of nitrogens with one attached hydrogen (secondary N) is 1. The molecule has 0 saturated carbocycles. The van der Waals surface area contributed by atoms with Gasteiger partial charge in [0.15, 0.2) is 0 Å². The monoisotopic (exact) mass is 294 g/mol. The number of aromatic nitrogens is 1. The highest BCUT2D eigenvalue weighted by molar-refractivity contribution is 7.89. The minimum Gasteiger partial charge on any atom is -0.384 e. The van der Waals surface area contributed by atoms with Crippen molar-refractivity contribution in [3.05, 3.63) is 48.0 Å². The molecule has 0 bridgehead atoms.